The lowest BCUT2D eigenvalue weighted by atomic mass is 10.3. The molecular weight excluding hydrogens is 196 g/mol. The normalized spacial score (nSPS) is 12.9. The minimum absolute atomic E-state index is 0.230. The van der Waals surface area contributed by atoms with E-state index in [9.17, 15) is 0 Å². The van der Waals surface area contributed by atoms with Crippen molar-refractivity contribution in [3.8, 4) is 0 Å². The molecule has 0 amide bonds. The molecule has 14 heavy (non-hydrogen) atoms. The van der Waals surface area contributed by atoms with Gasteiger partial charge in [-0.05, 0) is 23.6 Å². The van der Waals surface area contributed by atoms with Gasteiger partial charge in [-0.2, -0.15) is 0 Å². The number of nitrogens with one attached hydrogen (secondary N) is 1. The summed E-state index contributed by atoms with van der Waals surface area (Å²) in [5.41, 5.74) is 5.86. The van der Waals surface area contributed by atoms with Crippen molar-refractivity contribution in [2.24, 2.45) is 5.73 Å². The fourth-order valence-electron chi connectivity index (χ4n) is 1.19. The van der Waals surface area contributed by atoms with Crippen molar-refractivity contribution in [3.05, 3.63) is 46.5 Å². The second-order valence-corrected chi connectivity index (χ2v) is 3.99. The quantitative estimate of drug-likeness (QED) is 0.756. The molecule has 0 aliphatic carbocycles. The van der Waals surface area contributed by atoms with Gasteiger partial charge in [-0.15, -0.1) is 11.3 Å². The van der Waals surface area contributed by atoms with Crippen LogP contribution in [-0.2, 0) is 6.54 Å². The van der Waals surface area contributed by atoms with Crippen molar-refractivity contribution < 1.29 is 4.42 Å². The summed E-state index contributed by atoms with van der Waals surface area (Å²) in [7, 11) is 0. The van der Waals surface area contributed by atoms with Crippen molar-refractivity contribution in [2.45, 2.75) is 12.7 Å². The first-order valence-corrected chi connectivity index (χ1v) is 5.29. The van der Waals surface area contributed by atoms with E-state index in [0.29, 0.717) is 0 Å². The largest absolute Gasteiger partial charge is 0.466 e. The zero-order valence-electron chi connectivity index (χ0n) is 7.64. The van der Waals surface area contributed by atoms with Crippen LogP contribution in [0, 0.1) is 0 Å². The van der Waals surface area contributed by atoms with E-state index in [1.54, 1.807) is 17.6 Å². The van der Waals surface area contributed by atoms with Gasteiger partial charge in [0.1, 0.15) is 11.9 Å². The molecule has 0 bridgehead atoms. The highest BCUT2D eigenvalue weighted by atomic mass is 32.1. The molecule has 0 spiro atoms. The lowest BCUT2D eigenvalue weighted by molar-refractivity contribution is 0.420. The van der Waals surface area contributed by atoms with Crippen LogP contribution < -0.4 is 11.1 Å². The van der Waals surface area contributed by atoms with Crippen molar-refractivity contribution in [1.29, 1.82) is 0 Å². The molecule has 2 aromatic heterocycles. The first kappa shape index (κ1) is 9.45. The first-order chi connectivity index (χ1) is 6.86. The lowest BCUT2D eigenvalue weighted by Gasteiger charge is -2.09. The van der Waals surface area contributed by atoms with Gasteiger partial charge in [0.15, 0.2) is 0 Å². The molecule has 2 rings (SSSR count). The predicted molar refractivity (Wildman–Crippen MR) is 56.8 cm³/mol. The lowest BCUT2D eigenvalue weighted by Crippen LogP contribution is -2.27. The Morgan fingerprint density at radius 3 is 3.00 bits per heavy atom. The summed E-state index contributed by atoms with van der Waals surface area (Å²) in [5, 5.41) is 5.23. The molecule has 0 aliphatic heterocycles. The Balaban J connectivity index is 1.87. The van der Waals surface area contributed by atoms with Crippen LogP contribution in [0.2, 0.25) is 0 Å². The van der Waals surface area contributed by atoms with Crippen LogP contribution >= 0.6 is 11.3 Å². The van der Waals surface area contributed by atoms with Crippen LogP contribution in [0.1, 0.15) is 16.8 Å². The third-order valence-electron chi connectivity index (χ3n) is 1.93. The Morgan fingerprint density at radius 1 is 1.43 bits per heavy atom. The molecule has 3 nitrogen and oxygen atoms in total. The average molecular weight is 208 g/mol. The number of furan rings is 1. The molecule has 0 aliphatic rings. The molecule has 0 saturated carbocycles. The van der Waals surface area contributed by atoms with Crippen molar-refractivity contribution in [1.82, 2.24) is 5.32 Å². The summed E-state index contributed by atoms with van der Waals surface area (Å²) in [6.45, 7) is 0.777. The van der Waals surface area contributed by atoms with Crippen molar-refractivity contribution >= 4 is 11.3 Å². The third-order valence-corrected chi connectivity index (χ3v) is 2.80. The van der Waals surface area contributed by atoms with Crippen molar-refractivity contribution in [3.63, 3.8) is 0 Å². The second-order valence-electron chi connectivity index (χ2n) is 2.95. The Hall–Kier alpha value is -1.10. The maximum atomic E-state index is 5.86. The molecule has 0 aromatic carbocycles. The second kappa shape index (κ2) is 4.41. The van der Waals surface area contributed by atoms with E-state index in [0.717, 1.165) is 12.3 Å². The minimum Gasteiger partial charge on any atom is -0.466 e. The third kappa shape index (κ3) is 2.23. The minimum atomic E-state index is -0.230. The average Bonchev–Trinajstić information content (AvgIpc) is 2.87. The molecule has 74 valence electrons. The Labute approximate surface area is 86.5 Å². The summed E-state index contributed by atoms with van der Waals surface area (Å²) < 4.78 is 5.18. The fraction of sp³-hybridized carbons (Fsp3) is 0.200. The summed E-state index contributed by atoms with van der Waals surface area (Å²) in [6.07, 6.45) is 1.40. The van der Waals surface area contributed by atoms with Gasteiger partial charge < -0.3 is 10.2 Å². The van der Waals surface area contributed by atoms with Gasteiger partial charge in [-0.3, -0.25) is 5.32 Å². The maximum Gasteiger partial charge on any atom is 0.135 e. The van der Waals surface area contributed by atoms with Crippen LogP contribution in [0.15, 0.2) is 40.3 Å². The standard InChI is InChI=1S/C10H12N2OS/c11-10(9-4-1-5-13-9)12-7-8-3-2-6-14-8/h1-6,10,12H,7,11H2. The van der Waals surface area contributed by atoms with Crippen molar-refractivity contribution in [2.75, 3.05) is 0 Å². The van der Waals surface area contributed by atoms with Gasteiger partial charge in [0.25, 0.3) is 0 Å². The molecule has 2 heterocycles. The Bertz CT molecular complexity index is 355. The van der Waals surface area contributed by atoms with Gasteiger partial charge in [-0.1, -0.05) is 6.07 Å². The highest BCUT2D eigenvalue weighted by Crippen LogP contribution is 2.11. The van der Waals surface area contributed by atoms with E-state index in [2.05, 4.69) is 16.8 Å². The molecule has 0 radical (unpaired) electrons. The number of thiophene rings is 1. The molecule has 3 N–H and O–H groups in total. The summed E-state index contributed by atoms with van der Waals surface area (Å²) >= 11 is 1.71. The number of rotatable bonds is 4. The molecule has 0 saturated heterocycles. The topological polar surface area (TPSA) is 51.2 Å². The van der Waals surface area contributed by atoms with E-state index in [1.807, 2.05) is 18.2 Å². The molecule has 4 heteroatoms. The predicted octanol–water partition coefficient (Wildman–Crippen LogP) is 2.09. The molecule has 2 aromatic rings. The van der Waals surface area contributed by atoms with Crippen LogP contribution in [-0.4, -0.2) is 0 Å². The van der Waals surface area contributed by atoms with Crippen LogP contribution in [0.25, 0.3) is 0 Å². The highest BCUT2D eigenvalue weighted by molar-refractivity contribution is 7.09. The van der Waals surface area contributed by atoms with Gasteiger partial charge in [0.05, 0.1) is 6.26 Å². The fourth-order valence-corrected chi connectivity index (χ4v) is 1.85. The zero-order valence-corrected chi connectivity index (χ0v) is 8.46. The smallest absolute Gasteiger partial charge is 0.135 e. The van der Waals surface area contributed by atoms with E-state index in [4.69, 9.17) is 10.2 Å². The maximum absolute atomic E-state index is 5.86. The number of hydrogen-bond acceptors (Lipinski definition) is 4. The molecule has 1 atom stereocenters. The summed E-state index contributed by atoms with van der Waals surface area (Å²) in [4.78, 5) is 1.27. The van der Waals surface area contributed by atoms with Gasteiger partial charge >= 0.3 is 0 Å². The van der Waals surface area contributed by atoms with Gasteiger partial charge in [0.2, 0.25) is 0 Å². The first-order valence-electron chi connectivity index (χ1n) is 4.41. The SMILES string of the molecule is NC(NCc1cccs1)c1ccco1. The number of nitrogens with two attached hydrogens (primary N) is 1. The van der Waals surface area contributed by atoms with Crippen LogP contribution in [0.4, 0.5) is 0 Å². The number of hydrogen-bond donors (Lipinski definition) is 2. The Morgan fingerprint density at radius 2 is 2.36 bits per heavy atom. The van der Waals surface area contributed by atoms with Gasteiger partial charge in [-0.25, -0.2) is 0 Å². The monoisotopic (exact) mass is 208 g/mol. The molecule has 0 fully saturated rings. The van der Waals surface area contributed by atoms with E-state index >= 15 is 0 Å². The van der Waals surface area contributed by atoms with Crippen LogP contribution in [0.5, 0.6) is 0 Å². The highest BCUT2D eigenvalue weighted by Gasteiger charge is 2.07. The molecular formula is C10H12N2OS. The zero-order chi connectivity index (χ0) is 9.80. The summed E-state index contributed by atoms with van der Waals surface area (Å²) in [5.74, 6) is 0.765. The summed E-state index contributed by atoms with van der Waals surface area (Å²) in [6, 6.07) is 7.81. The Kier molecular flexibility index (Phi) is 2.98. The van der Waals surface area contributed by atoms with Gasteiger partial charge in [0, 0.05) is 11.4 Å². The van der Waals surface area contributed by atoms with E-state index in [-0.39, 0.29) is 6.17 Å². The van der Waals surface area contributed by atoms with E-state index in [1.165, 1.54) is 4.88 Å². The van der Waals surface area contributed by atoms with Crippen LogP contribution in [0.3, 0.4) is 0 Å². The van der Waals surface area contributed by atoms with E-state index < -0.39 is 0 Å². The molecule has 1 unspecified atom stereocenters.